The molecule has 2 atom stereocenters. The van der Waals surface area contributed by atoms with Crippen molar-refractivity contribution in [2.45, 2.75) is 18.8 Å². The molecule has 0 amide bonds. The molecule has 0 aliphatic heterocycles. The number of terminal acetylenes is 1. The third-order valence-electron chi connectivity index (χ3n) is 1.15. The van der Waals surface area contributed by atoms with Crippen molar-refractivity contribution >= 4 is 21.5 Å². The molecule has 0 heterocycles. The minimum absolute atomic E-state index is 0.0147. The minimum atomic E-state index is -4.05. The van der Waals surface area contributed by atoms with Crippen molar-refractivity contribution in [1.82, 2.24) is 0 Å². The Labute approximate surface area is 85.2 Å². The molecule has 0 fully saturated rings. The standard InChI is InChI=1S/C6H10O6S2/c1-3-5-11-14(9,10)6(4-2)12-13(7)8/h1,6H,4-5H2,2H3,(H,7,8). The Bertz CT molecular complexity index is 327. The quantitative estimate of drug-likeness (QED) is 0.396. The third kappa shape index (κ3) is 4.69. The highest BCUT2D eigenvalue weighted by Crippen LogP contribution is 2.10. The molecule has 0 saturated carbocycles. The first-order chi connectivity index (χ1) is 6.44. The second-order valence-electron chi connectivity index (χ2n) is 2.11. The Morgan fingerprint density at radius 2 is 2.21 bits per heavy atom. The van der Waals surface area contributed by atoms with Gasteiger partial charge in [-0.3, -0.25) is 8.74 Å². The third-order valence-corrected chi connectivity index (χ3v) is 3.19. The second-order valence-corrected chi connectivity index (χ2v) is 4.48. The molecule has 0 radical (unpaired) electrons. The highest BCUT2D eigenvalue weighted by atomic mass is 32.2. The van der Waals surface area contributed by atoms with Crippen LogP contribution in [0.2, 0.25) is 0 Å². The summed E-state index contributed by atoms with van der Waals surface area (Å²) in [5, 5.41) is 0. The van der Waals surface area contributed by atoms with Crippen molar-refractivity contribution in [3.05, 3.63) is 0 Å². The monoisotopic (exact) mass is 242 g/mol. The number of hydrogen-bond acceptors (Lipinski definition) is 5. The Hall–Kier alpha value is -0.460. The molecule has 6 nitrogen and oxygen atoms in total. The summed E-state index contributed by atoms with van der Waals surface area (Å²) in [7, 11) is -4.05. The van der Waals surface area contributed by atoms with Crippen LogP contribution >= 0.6 is 0 Å². The first-order valence-corrected chi connectivity index (χ1v) is 6.04. The molecule has 82 valence electrons. The summed E-state index contributed by atoms with van der Waals surface area (Å²) in [5.41, 5.74) is -1.48. The molecule has 0 aromatic heterocycles. The van der Waals surface area contributed by atoms with Gasteiger partial charge < -0.3 is 0 Å². The van der Waals surface area contributed by atoms with Crippen LogP contribution in [-0.2, 0) is 29.8 Å². The summed E-state index contributed by atoms with van der Waals surface area (Å²) in [5.74, 6) is 1.96. The Morgan fingerprint density at radius 1 is 1.64 bits per heavy atom. The predicted molar refractivity (Wildman–Crippen MR) is 49.6 cm³/mol. The summed E-state index contributed by atoms with van der Waals surface area (Å²) in [4.78, 5) is 0. The molecule has 14 heavy (non-hydrogen) atoms. The predicted octanol–water partition coefficient (Wildman–Crippen LogP) is -0.145. The highest BCUT2D eigenvalue weighted by molar-refractivity contribution is 7.87. The zero-order chi connectivity index (χ0) is 11.2. The van der Waals surface area contributed by atoms with Gasteiger partial charge in [-0.1, -0.05) is 12.8 Å². The average Bonchev–Trinajstić information content (AvgIpc) is 2.10. The van der Waals surface area contributed by atoms with Crippen LogP contribution in [0, 0.1) is 12.3 Å². The van der Waals surface area contributed by atoms with E-state index in [0.29, 0.717) is 0 Å². The van der Waals surface area contributed by atoms with Crippen LogP contribution < -0.4 is 0 Å². The van der Waals surface area contributed by atoms with E-state index < -0.39 is 33.5 Å². The number of rotatable bonds is 6. The van der Waals surface area contributed by atoms with E-state index in [1.54, 1.807) is 0 Å². The van der Waals surface area contributed by atoms with Crippen LogP contribution in [0.5, 0.6) is 0 Å². The molecule has 8 heteroatoms. The molecule has 0 aromatic carbocycles. The fourth-order valence-electron chi connectivity index (χ4n) is 0.604. The second kappa shape index (κ2) is 6.10. The Kier molecular flexibility index (Phi) is 5.90. The molecule has 0 aliphatic rings. The SMILES string of the molecule is C#CCOS(=O)(=O)C(CC)OS(=O)O. The van der Waals surface area contributed by atoms with Crippen LogP contribution in [0.15, 0.2) is 0 Å². The van der Waals surface area contributed by atoms with Crippen LogP contribution in [0.4, 0.5) is 0 Å². The van der Waals surface area contributed by atoms with Gasteiger partial charge in [0, 0.05) is 0 Å². The van der Waals surface area contributed by atoms with Crippen molar-refractivity contribution in [3.63, 3.8) is 0 Å². The highest BCUT2D eigenvalue weighted by Gasteiger charge is 2.27. The van der Waals surface area contributed by atoms with E-state index in [1.165, 1.54) is 6.92 Å². The summed E-state index contributed by atoms with van der Waals surface area (Å²) < 4.78 is 49.4. The summed E-state index contributed by atoms with van der Waals surface area (Å²) in [6, 6.07) is 0. The fourth-order valence-corrected chi connectivity index (χ4v) is 2.30. The molecule has 0 bridgehead atoms. The van der Waals surface area contributed by atoms with Crippen molar-refractivity contribution in [2.75, 3.05) is 6.61 Å². The van der Waals surface area contributed by atoms with Crippen molar-refractivity contribution in [1.29, 1.82) is 0 Å². The smallest absolute Gasteiger partial charge is 0.284 e. The van der Waals surface area contributed by atoms with Crippen molar-refractivity contribution in [3.8, 4) is 12.3 Å². The first kappa shape index (κ1) is 13.5. The average molecular weight is 242 g/mol. The van der Waals surface area contributed by atoms with E-state index in [2.05, 4.69) is 8.37 Å². The minimum Gasteiger partial charge on any atom is -0.284 e. The molecule has 0 aromatic rings. The van der Waals surface area contributed by atoms with Crippen LogP contribution in [0.1, 0.15) is 13.3 Å². The molecule has 0 aliphatic carbocycles. The Balaban J connectivity index is 4.51. The molecule has 0 saturated heterocycles. The van der Waals surface area contributed by atoms with Gasteiger partial charge in [0.2, 0.25) is 5.44 Å². The van der Waals surface area contributed by atoms with Gasteiger partial charge in [-0.25, -0.2) is 4.18 Å². The van der Waals surface area contributed by atoms with E-state index in [0.717, 1.165) is 0 Å². The maximum Gasteiger partial charge on any atom is 0.303 e. The van der Waals surface area contributed by atoms with Crippen LogP contribution in [0.3, 0.4) is 0 Å². The van der Waals surface area contributed by atoms with Crippen LogP contribution in [-0.4, -0.2) is 29.2 Å². The molecule has 1 N–H and O–H groups in total. The lowest BCUT2D eigenvalue weighted by Crippen LogP contribution is -2.26. The van der Waals surface area contributed by atoms with E-state index in [1.807, 2.05) is 5.92 Å². The van der Waals surface area contributed by atoms with Gasteiger partial charge in [0.05, 0.1) is 0 Å². The van der Waals surface area contributed by atoms with Crippen LogP contribution in [0.25, 0.3) is 0 Å². The Morgan fingerprint density at radius 3 is 2.57 bits per heavy atom. The van der Waals surface area contributed by atoms with E-state index in [9.17, 15) is 12.6 Å². The topological polar surface area (TPSA) is 89.9 Å². The fraction of sp³-hybridized carbons (Fsp3) is 0.667. The summed E-state index contributed by atoms with van der Waals surface area (Å²) in [6.07, 6.45) is 4.77. The lowest BCUT2D eigenvalue weighted by atomic mass is 10.5. The lowest BCUT2D eigenvalue weighted by molar-refractivity contribution is 0.236. The molecular weight excluding hydrogens is 232 g/mol. The maximum atomic E-state index is 11.2. The maximum absolute atomic E-state index is 11.2. The molecule has 2 unspecified atom stereocenters. The number of hydrogen-bond donors (Lipinski definition) is 1. The molecule has 0 spiro atoms. The van der Waals surface area contributed by atoms with Gasteiger partial charge in [-0.05, 0) is 6.42 Å². The lowest BCUT2D eigenvalue weighted by Gasteiger charge is -2.12. The molecular formula is C6H10O6S2. The van der Waals surface area contributed by atoms with Gasteiger partial charge in [0.15, 0.2) is 0 Å². The van der Waals surface area contributed by atoms with E-state index >= 15 is 0 Å². The largest absolute Gasteiger partial charge is 0.303 e. The molecule has 0 rings (SSSR count). The van der Waals surface area contributed by atoms with E-state index in [-0.39, 0.29) is 6.42 Å². The van der Waals surface area contributed by atoms with Gasteiger partial charge in [0.1, 0.15) is 6.61 Å². The zero-order valence-electron chi connectivity index (χ0n) is 7.37. The van der Waals surface area contributed by atoms with Gasteiger partial charge >= 0.3 is 11.4 Å². The zero-order valence-corrected chi connectivity index (χ0v) is 9.01. The van der Waals surface area contributed by atoms with Gasteiger partial charge in [-0.2, -0.15) is 12.6 Å². The normalized spacial score (nSPS) is 15.8. The van der Waals surface area contributed by atoms with Gasteiger partial charge in [-0.15, -0.1) is 6.42 Å². The summed E-state index contributed by atoms with van der Waals surface area (Å²) in [6.45, 7) is 1.04. The van der Waals surface area contributed by atoms with Crippen molar-refractivity contribution < 1.29 is 25.5 Å². The first-order valence-electron chi connectivity index (χ1n) is 3.53. The summed E-state index contributed by atoms with van der Waals surface area (Å²) >= 11 is -2.66. The van der Waals surface area contributed by atoms with Gasteiger partial charge in [0.25, 0.3) is 10.1 Å². The van der Waals surface area contributed by atoms with E-state index in [4.69, 9.17) is 11.0 Å². The van der Waals surface area contributed by atoms with Crippen molar-refractivity contribution in [2.24, 2.45) is 0 Å².